The minimum atomic E-state index is -1.04. The third kappa shape index (κ3) is 3.22. The number of tetrazole rings is 1. The molecular formula is C17H18N4OS. The highest BCUT2D eigenvalue weighted by atomic mass is 32.2. The highest BCUT2D eigenvalue weighted by Gasteiger charge is 2.21. The Morgan fingerprint density at radius 3 is 2.17 bits per heavy atom. The largest absolute Gasteiger partial charge is 0.254 e. The Bertz CT molecular complexity index is 821. The number of aromatic nitrogens is 4. The van der Waals surface area contributed by atoms with Gasteiger partial charge in [0.1, 0.15) is 0 Å². The Morgan fingerprint density at radius 2 is 1.61 bits per heavy atom. The molecule has 0 saturated heterocycles. The first-order valence-corrected chi connectivity index (χ1v) is 8.47. The Morgan fingerprint density at radius 1 is 0.957 bits per heavy atom. The minimum Gasteiger partial charge on any atom is -0.254 e. The average Bonchev–Trinajstić information content (AvgIpc) is 3.08. The van der Waals surface area contributed by atoms with E-state index in [2.05, 4.69) is 20.6 Å². The number of nitrogens with zero attached hydrogens (tertiary/aromatic N) is 3. The van der Waals surface area contributed by atoms with E-state index in [-0.39, 0.29) is 4.75 Å². The number of benzene rings is 2. The molecule has 0 aliphatic heterocycles. The van der Waals surface area contributed by atoms with E-state index in [1.807, 2.05) is 69.3 Å². The van der Waals surface area contributed by atoms with Gasteiger partial charge >= 0.3 is 0 Å². The van der Waals surface area contributed by atoms with Gasteiger partial charge in [-0.25, -0.2) is 0 Å². The molecule has 5 nitrogen and oxygen atoms in total. The van der Waals surface area contributed by atoms with Crippen LogP contribution in [0.3, 0.4) is 0 Å². The molecule has 1 atom stereocenters. The van der Waals surface area contributed by atoms with Crippen molar-refractivity contribution in [2.75, 3.05) is 0 Å². The molecular weight excluding hydrogens is 308 g/mol. The molecule has 0 amide bonds. The quantitative estimate of drug-likeness (QED) is 0.800. The van der Waals surface area contributed by atoms with Crippen molar-refractivity contribution in [3.8, 4) is 22.5 Å². The van der Waals surface area contributed by atoms with E-state index in [0.29, 0.717) is 5.82 Å². The maximum Gasteiger partial charge on any atom is 0.205 e. The minimum absolute atomic E-state index is 0.274. The van der Waals surface area contributed by atoms with Crippen LogP contribution in [0.15, 0.2) is 53.4 Å². The molecule has 2 aromatic carbocycles. The predicted molar refractivity (Wildman–Crippen MR) is 91.2 cm³/mol. The van der Waals surface area contributed by atoms with E-state index in [0.717, 1.165) is 21.6 Å². The van der Waals surface area contributed by atoms with Gasteiger partial charge in [-0.2, -0.15) is 5.21 Å². The fourth-order valence-corrected chi connectivity index (χ4v) is 3.41. The normalized spacial score (nSPS) is 13.0. The third-order valence-electron chi connectivity index (χ3n) is 3.45. The Kier molecular flexibility index (Phi) is 4.09. The number of aromatic amines is 1. The molecule has 3 aromatic rings. The van der Waals surface area contributed by atoms with Crippen molar-refractivity contribution in [3.63, 3.8) is 0 Å². The van der Waals surface area contributed by atoms with Gasteiger partial charge < -0.3 is 0 Å². The van der Waals surface area contributed by atoms with Gasteiger partial charge in [0.15, 0.2) is 0 Å². The van der Waals surface area contributed by atoms with Crippen molar-refractivity contribution >= 4 is 10.8 Å². The molecule has 0 spiro atoms. The first-order chi connectivity index (χ1) is 11.0. The van der Waals surface area contributed by atoms with Crippen molar-refractivity contribution in [1.29, 1.82) is 0 Å². The molecule has 0 saturated carbocycles. The molecule has 0 aliphatic rings. The van der Waals surface area contributed by atoms with Crippen LogP contribution in [-0.4, -0.2) is 29.6 Å². The Balaban J connectivity index is 2.00. The third-order valence-corrected chi connectivity index (χ3v) is 5.26. The van der Waals surface area contributed by atoms with Gasteiger partial charge in [-0.15, -0.1) is 10.2 Å². The summed E-state index contributed by atoms with van der Waals surface area (Å²) < 4.78 is 12.2. The standard InChI is InChI=1S/C17H18N4OS/c1-17(2,3)23(22)13-10-8-12(9-11-13)14-6-4-5-7-15(14)16-18-20-21-19-16/h4-11H,1-3H3,(H,18,19,20,21). The van der Waals surface area contributed by atoms with E-state index in [1.165, 1.54) is 0 Å². The van der Waals surface area contributed by atoms with Gasteiger partial charge in [-0.05, 0) is 49.2 Å². The summed E-state index contributed by atoms with van der Waals surface area (Å²) in [6, 6.07) is 15.7. The predicted octanol–water partition coefficient (Wildman–Crippen LogP) is 3.44. The zero-order valence-corrected chi connectivity index (χ0v) is 14.1. The van der Waals surface area contributed by atoms with E-state index in [9.17, 15) is 4.21 Å². The van der Waals surface area contributed by atoms with Crippen molar-refractivity contribution in [3.05, 3.63) is 48.5 Å². The van der Waals surface area contributed by atoms with Crippen LogP contribution in [0, 0.1) is 0 Å². The van der Waals surface area contributed by atoms with Gasteiger partial charge in [-0.3, -0.25) is 4.21 Å². The van der Waals surface area contributed by atoms with Crippen molar-refractivity contribution < 1.29 is 4.21 Å². The van der Waals surface area contributed by atoms with Crippen LogP contribution in [0.4, 0.5) is 0 Å². The fourth-order valence-electron chi connectivity index (χ4n) is 2.32. The zero-order valence-electron chi connectivity index (χ0n) is 13.3. The van der Waals surface area contributed by atoms with Gasteiger partial charge in [0.2, 0.25) is 5.82 Å². The molecule has 3 rings (SSSR count). The van der Waals surface area contributed by atoms with Crippen LogP contribution in [0.5, 0.6) is 0 Å². The second-order valence-electron chi connectivity index (χ2n) is 6.19. The van der Waals surface area contributed by atoms with Crippen LogP contribution in [-0.2, 0) is 10.8 Å². The van der Waals surface area contributed by atoms with E-state index < -0.39 is 10.8 Å². The topological polar surface area (TPSA) is 71.5 Å². The number of H-pyrrole nitrogens is 1. The smallest absolute Gasteiger partial charge is 0.205 e. The Hall–Kier alpha value is -2.34. The summed E-state index contributed by atoms with van der Waals surface area (Å²) in [5.74, 6) is 0.558. The van der Waals surface area contributed by atoms with Gasteiger partial charge in [0, 0.05) is 15.2 Å². The SMILES string of the molecule is CC(C)(C)S(=O)c1ccc(-c2ccccc2-c2nn[nH]n2)cc1. The molecule has 118 valence electrons. The van der Waals surface area contributed by atoms with E-state index in [4.69, 9.17) is 0 Å². The summed E-state index contributed by atoms with van der Waals surface area (Å²) in [6.45, 7) is 5.92. The summed E-state index contributed by atoms with van der Waals surface area (Å²) in [5.41, 5.74) is 2.95. The molecule has 23 heavy (non-hydrogen) atoms. The highest BCUT2D eigenvalue weighted by Crippen LogP contribution is 2.30. The van der Waals surface area contributed by atoms with Crippen LogP contribution >= 0.6 is 0 Å². The van der Waals surface area contributed by atoms with Crippen molar-refractivity contribution in [2.45, 2.75) is 30.4 Å². The summed E-state index contributed by atoms with van der Waals surface area (Å²) >= 11 is 0. The molecule has 1 N–H and O–H groups in total. The molecule has 1 heterocycles. The van der Waals surface area contributed by atoms with Crippen molar-refractivity contribution in [1.82, 2.24) is 20.6 Å². The maximum atomic E-state index is 12.4. The van der Waals surface area contributed by atoms with Crippen LogP contribution < -0.4 is 0 Å². The number of rotatable bonds is 3. The maximum absolute atomic E-state index is 12.4. The van der Waals surface area contributed by atoms with E-state index in [1.54, 1.807) is 0 Å². The number of hydrogen-bond donors (Lipinski definition) is 1. The van der Waals surface area contributed by atoms with Crippen LogP contribution in [0.25, 0.3) is 22.5 Å². The summed E-state index contributed by atoms with van der Waals surface area (Å²) in [5, 5.41) is 14.2. The number of hydrogen-bond acceptors (Lipinski definition) is 4. The molecule has 0 aliphatic carbocycles. The van der Waals surface area contributed by atoms with Gasteiger partial charge in [-0.1, -0.05) is 36.4 Å². The molecule has 6 heteroatoms. The zero-order chi connectivity index (χ0) is 16.4. The molecule has 0 radical (unpaired) electrons. The average molecular weight is 326 g/mol. The lowest BCUT2D eigenvalue weighted by Gasteiger charge is -2.18. The van der Waals surface area contributed by atoms with Gasteiger partial charge in [0.05, 0.1) is 10.8 Å². The van der Waals surface area contributed by atoms with Crippen LogP contribution in [0.1, 0.15) is 20.8 Å². The molecule has 0 fully saturated rings. The second kappa shape index (κ2) is 6.04. The Labute approximate surface area is 137 Å². The molecule has 1 unspecified atom stereocenters. The first kappa shape index (κ1) is 15.6. The highest BCUT2D eigenvalue weighted by molar-refractivity contribution is 7.86. The lowest BCUT2D eigenvalue weighted by molar-refractivity contribution is 0.649. The lowest BCUT2D eigenvalue weighted by Crippen LogP contribution is -2.21. The number of nitrogens with one attached hydrogen (secondary N) is 1. The van der Waals surface area contributed by atoms with Crippen LogP contribution in [0.2, 0.25) is 0 Å². The second-order valence-corrected chi connectivity index (χ2v) is 8.42. The van der Waals surface area contributed by atoms with Crippen molar-refractivity contribution in [2.24, 2.45) is 0 Å². The first-order valence-electron chi connectivity index (χ1n) is 7.32. The summed E-state index contributed by atoms with van der Waals surface area (Å²) in [4.78, 5) is 0.832. The fraction of sp³-hybridized carbons (Fsp3) is 0.235. The monoisotopic (exact) mass is 326 g/mol. The summed E-state index contributed by atoms with van der Waals surface area (Å²) in [6.07, 6.45) is 0. The van der Waals surface area contributed by atoms with Gasteiger partial charge in [0.25, 0.3) is 0 Å². The molecule has 0 bridgehead atoms. The van der Waals surface area contributed by atoms with E-state index >= 15 is 0 Å². The summed E-state index contributed by atoms with van der Waals surface area (Å²) in [7, 11) is -1.04. The molecule has 1 aromatic heterocycles. The lowest BCUT2D eigenvalue weighted by atomic mass is 9.99.